The molecule has 2 aliphatic rings. The summed E-state index contributed by atoms with van der Waals surface area (Å²) in [6, 6.07) is 5.53. The maximum absolute atomic E-state index is 13.4. The van der Waals surface area contributed by atoms with Crippen molar-refractivity contribution < 1.29 is 8.94 Å². The van der Waals surface area contributed by atoms with Gasteiger partial charge in [-0.2, -0.15) is 5.14 Å². The molecule has 1 spiro atoms. The fourth-order valence-corrected chi connectivity index (χ4v) is 4.55. The Bertz CT molecular complexity index is 564. The minimum absolute atomic E-state index is 0.138. The molecule has 22 heavy (non-hydrogen) atoms. The zero-order valence-corrected chi connectivity index (χ0v) is 14.1. The van der Waals surface area contributed by atoms with Gasteiger partial charge < -0.3 is 9.87 Å². The van der Waals surface area contributed by atoms with Crippen molar-refractivity contribution in [2.24, 2.45) is 10.6 Å². The molecule has 3 atom stereocenters. The maximum Gasteiger partial charge on any atom is 0.140 e. The molecule has 3 rings (SSSR count). The predicted molar refractivity (Wildman–Crippen MR) is 88.3 cm³/mol. The quantitative estimate of drug-likeness (QED) is 0.840. The van der Waals surface area contributed by atoms with Gasteiger partial charge in [0.25, 0.3) is 0 Å². The van der Waals surface area contributed by atoms with Crippen molar-refractivity contribution in [2.75, 3.05) is 6.54 Å². The SMILES string of the molecule is CC(C)(CC1CC2(CCN1)Cc1ccc(F)cc1C2)[S+](N)[O-]. The van der Waals surface area contributed by atoms with Crippen molar-refractivity contribution in [2.45, 2.75) is 56.7 Å². The summed E-state index contributed by atoms with van der Waals surface area (Å²) in [4.78, 5) is 0. The molecule has 1 aliphatic heterocycles. The van der Waals surface area contributed by atoms with Crippen LogP contribution in [0.15, 0.2) is 18.2 Å². The van der Waals surface area contributed by atoms with E-state index in [0.717, 1.165) is 38.6 Å². The van der Waals surface area contributed by atoms with Crippen LogP contribution >= 0.6 is 0 Å². The third-order valence-corrected chi connectivity index (χ3v) is 6.61. The largest absolute Gasteiger partial charge is 0.598 e. The highest BCUT2D eigenvalue weighted by Crippen LogP contribution is 2.45. The Morgan fingerprint density at radius 1 is 1.41 bits per heavy atom. The second kappa shape index (κ2) is 5.78. The van der Waals surface area contributed by atoms with E-state index < -0.39 is 11.4 Å². The van der Waals surface area contributed by atoms with Crippen LogP contribution in [0.1, 0.15) is 44.2 Å². The van der Waals surface area contributed by atoms with Crippen molar-refractivity contribution in [3.05, 3.63) is 35.1 Å². The van der Waals surface area contributed by atoms with Crippen LogP contribution in [-0.2, 0) is 24.2 Å². The van der Waals surface area contributed by atoms with Crippen LogP contribution in [0.2, 0.25) is 0 Å². The Labute approximate surface area is 135 Å². The number of nitrogens with one attached hydrogen (secondary N) is 1. The van der Waals surface area contributed by atoms with E-state index in [1.165, 1.54) is 11.1 Å². The standard InChI is InChI=1S/C17H25FN2OS/c1-16(2,22(19)21)10-15-11-17(5-6-20-15)8-12-3-4-14(18)7-13(12)9-17/h3-4,7,15,20H,5-6,8-11,19H2,1-2H3. The average Bonchev–Trinajstić information content (AvgIpc) is 2.74. The third kappa shape index (κ3) is 3.18. The van der Waals surface area contributed by atoms with E-state index in [1.54, 1.807) is 12.1 Å². The lowest BCUT2D eigenvalue weighted by molar-refractivity contribution is 0.164. The topological polar surface area (TPSA) is 61.1 Å². The number of fused-ring (bicyclic) bond motifs is 1. The number of hydrogen-bond acceptors (Lipinski definition) is 3. The van der Waals surface area contributed by atoms with E-state index in [1.807, 2.05) is 19.9 Å². The summed E-state index contributed by atoms with van der Waals surface area (Å²) < 4.78 is 24.8. The molecule has 0 radical (unpaired) electrons. The van der Waals surface area contributed by atoms with Gasteiger partial charge in [-0.15, -0.1) is 0 Å². The first-order chi connectivity index (χ1) is 10.3. The van der Waals surface area contributed by atoms with Gasteiger partial charge in [-0.3, -0.25) is 0 Å². The van der Waals surface area contributed by atoms with Gasteiger partial charge in [-0.05, 0) is 74.8 Å². The second-order valence-electron chi connectivity index (χ2n) is 7.63. The number of nitrogens with two attached hydrogens (primary N) is 1. The molecular weight excluding hydrogens is 299 g/mol. The van der Waals surface area contributed by atoms with E-state index in [9.17, 15) is 8.94 Å². The number of halogens is 1. The van der Waals surface area contributed by atoms with Gasteiger partial charge in [0.15, 0.2) is 0 Å². The molecule has 1 saturated heterocycles. The molecule has 5 heteroatoms. The Kier molecular flexibility index (Phi) is 4.27. The minimum Gasteiger partial charge on any atom is -0.598 e. The van der Waals surface area contributed by atoms with Crippen LogP contribution in [0.5, 0.6) is 0 Å². The highest BCUT2D eigenvalue weighted by Gasteiger charge is 2.43. The summed E-state index contributed by atoms with van der Waals surface area (Å²) in [5.74, 6) is -0.138. The molecule has 3 nitrogen and oxygen atoms in total. The monoisotopic (exact) mass is 324 g/mol. The fraction of sp³-hybridized carbons (Fsp3) is 0.647. The lowest BCUT2D eigenvalue weighted by Crippen LogP contribution is -2.50. The van der Waals surface area contributed by atoms with Crippen molar-refractivity contribution in [3.8, 4) is 0 Å². The molecule has 0 bridgehead atoms. The molecule has 0 amide bonds. The minimum atomic E-state index is -1.32. The third-order valence-electron chi connectivity index (χ3n) is 5.35. The zero-order chi connectivity index (χ0) is 16.0. The molecule has 0 saturated carbocycles. The van der Waals surface area contributed by atoms with E-state index in [2.05, 4.69) is 5.32 Å². The van der Waals surface area contributed by atoms with Gasteiger partial charge >= 0.3 is 0 Å². The lowest BCUT2D eigenvalue weighted by atomic mass is 9.72. The van der Waals surface area contributed by atoms with E-state index in [0.29, 0.717) is 6.04 Å². The number of rotatable bonds is 3. The molecule has 1 aromatic rings. The first-order valence-electron chi connectivity index (χ1n) is 7.97. The summed E-state index contributed by atoms with van der Waals surface area (Å²) in [5, 5.41) is 9.18. The van der Waals surface area contributed by atoms with Crippen molar-refractivity contribution in [1.29, 1.82) is 0 Å². The Morgan fingerprint density at radius 2 is 2.14 bits per heavy atom. The van der Waals surface area contributed by atoms with Crippen LogP contribution in [0, 0.1) is 11.2 Å². The normalized spacial score (nSPS) is 29.6. The molecule has 1 heterocycles. The molecule has 122 valence electrons. The Morgan fingerprint density at radius 3 is 2.86 bits per heavy atom. The summed E-state index contributed by atoms with van der Waals surface area (Å²) in [6.45, 7) is 4.89. The average molecular weight is 324 g/mol. The van der Waals surface area contributed by atoms with Gasteiger partial charge in [0.2, 0.25) is 0 Å². The zero-order valence-electron chi connectivity index (χ0n) is 13.3. The number of benzene rings is 1. The van der Waals surface area contributed by atoms with Crippen molar-refractivity contribution >= 4 is 11.4 Å². The maximum atomic E-state index is 13.4. The molecule has 3 N–H and O–H groups in total. The summed E-state index contributed by atoms with van der Waals surface area (Å²) in [5.41, 5.74) is 2.70. The lowest BCUT2D eigenvalue weighted by Gasteiger charge is -2.41. The number of hydrogen-bond donors (Lipinski definition) is 2. The highest BCUT2D eigenvalue weighted by atomic mass is 32.2. The van der Waals surface area contributed by atoms with E-state index >= 15 is 0 Å². The summed E-state index contributed by atoms with van der Waals surface area (Å²) in [7, 11) is 0. The Balaban J connectivity index is 1.72. The van der Waals surface area contributed by atoms with Crippen molar-refractivity contribution in [3.63, 3.8) is 0 Å². The molecule has 3 unspecified atom stereocenters. The molecule has 1 aromatic carbocycles. The van der Waals surface area contributed by atoms with Crippen LogP contribution in [0.3, 0.4) is 0 Å². The predicted octanol–water partition coefficient (Wildman–Crippen LogP) is 2.45. The van der Waals surface area contributed by atoms with Gasteiger partial charge in [0.1, 0.15) is 10.6 Å². The van der Waals surface area contributed by atoms with Gasteiger partial charge in [-0.25, -0.2) is 4.39 Å². The highest BCUT2D eigenvalue weighted by molar-refractivity contribution is 7.90. The molecule has 1 fully saturated rings. The van der Waals surface area contributed by atoms with Gasteiger partial charge in [0.05, 0.1) is 0 Å². The first-order valence-corrected chi connectivity index (χ1v) is 9.18. The summed E-state index contributed by atoms with van der Waals surface area (Å²) in [6.07, 6.45) is 4.97. The fourth-order valence-electron chi connectivity index (χ4n) is 4.18. The molecule has 0 aromatic heterocycles. The number of piperidine rings is 1. The van der Waals surface area contributed by atoms with Crippen LogP contribution in [0.4, 0.5) is 4.39 Å². The van der Waals surface area contributed by atoms with E-state index in [4.69, 9.17) is 5.14 Å². The van der Waals surface area contributed by atoms with Crippen LogP contribution in [-0.4, -0.2) is 21.9 Å². The van der Waals surface area contributed by atoms with Crippen LogP contribution < -0.4 is 10.5 Å². The van der Waals surface area contributed by atoms with Gasteiger partial charge in [0, 0.05) is 23.8 Å². The van der Waals surface area contributed by atoms with E-state index in [-0.39, 0.29) is 16.0 Å². The summed E-state index contributed by atoms with van der Waals surface area (Å²) >= 11 is -1.32. The second-order valence-corrected chi connectivity index (χ2v) is 9.33. The smallest absolute Gasteiger partial charge is 0.140 e. The molecule has 1 aliphatic carbocycles. The van der Waals surface area contributed by atoms with Gasteiger partial charge in [-0.1, -0.05) is 6.07 Å². The molecular formula is C17H25FN2OS. The Hall–Kier alpha value is -0.620. The van der Waals surface area contributed by atoms with Crippen LogP contribution in [0.25, 0.3) is 0 Å². The first kappa shape index (κ1) is 16.2. The van der Waals surface area contributed by atoms with Crippen molar-refractivity contribution in [1.82, 2.24) is 5.32 Å².